The first kappa shape index (κ1) is 14.5. The predicted molar refractivity (Wildman–Crippen MR) is 81.1 cm³/mol. The van der Waals surface area contributed by atoms with Crippen LogP contribution in [0.1, 0.15) is 34.1 Å². The highest BCUT2D eigenvalue weighted by Gasteiger charge is 2.12. The molecule has 0 unspecified atom stereocenters. The number of rotatable bonds is 6. The minimum atomic E-state index is -0.137. The molecule has 0 saturated heterocycles. The second-order valence-electron chi connectivity index (χ2n) is 4.19. The van der Waals surface area contributed by atoms with Crippen molar-refractivity contribution >= 4 is 23.1 Å². The molecule has 1 amide bonds. The second kappa shape index (κ2) is 7.00. The van der Waals surface area contributed by atoms with E-state index in [1.807, 2.05) is 13.1 Å². The molecule has 0 radical (unpaired) electrons. The van der Waals surface area contributed by atoms with Gasteiger partial charge in [0.1, 0.15) is 10.8 Å². The Morgan fingerprint density at radius 3 is 2.90 bits per heavy atom. The van der Waals surface area contributed by atoms with E-state index in [0.717, 1.165) is 18.0 Å². The Bertz CT molecular complexity index is 582. The zero-order valence-corrected chi connectivity index (χ0v) is 12.5. The number of carbonyl (C=O) groups excluding carboxylic acids is 1. The van der Waals surface area contributed by atoms with Gasteiger partial charge in [-0.2, -0.15) is 0 Å². The highest BCUT2D eigenvalue weighted by Crippen LogP contribution is 2.14. The van der Waals surface area contributed by atoms with Crippen LogP contribution < -0.4 is 10.6 Å². The van der Waals surface area contributed by atoms with Crippen molar-refractivity contribution in [3.05, 3.63) is 40.0 Å². The van der Waals surface area contributed by atoms with E-state index >= 15 is 0 Å². The molecule has 0 aliphatic carbocycles. The first-order valence-corrected chi connectivity index (χ1v) is 7.46. The van der Waals surface area contributed by atoms with Gasteiger partial charge in [-0.15, -0.1) is 11.3 Å². The van der Waals surface area contributed by atoms with Crippen molar-refractivity contribution in [1.29, 1.82) is 0 Å². The van der Waals surface area contributed by atoms with Crippen LogP contribution in [0.2, 0.25) is 0 Å². The lowest BCUT2D eigenvalue weighted by atomic mass is 10.2. The van der Waals surface area contributed by atoms with E-state index in [4.69, 9.17) is 0 Å². The number of hydrogen-bond donors (Lipinski definition) is 2. The number of carbonyl (C=O) groups is 1. The summed E-state index contributed by atoms with van der Waals surface area (Å²) in [6, 6.07) is 3.52. The van der Waals surface area contributed by atoms with Gasteiger partial charge in [-0.3, -0.25) is 4.79 Å². The predicted octanol–water partition coefficient (Wildman–Crippen LogP) is 2.46. The van der Waals surface area contributed by atoms with Gasteiger partial charge in [0.25, 0.3) is 5.91 Å². The molecule has 0 bridgehead atoms. The van der Waals surface area contributed by atoms with E-state index in [-0.39, 0.29) is 5.91 Å². The zero-order chi connectivity index (χ0) is 14.4. The largest absolute Gasteiger partial charge is 0.370 e. The van der Waals surface area contributed by atoms with Crippen LogP contribution in [0.15, 0.2) is 24.5 Å². The summed E-state index contributed by atoms with van der Waals surface area (Å²) in [4.78, 5) is 21.9. The van der Waals surface area contributed by atoms with E-state index in [1.165, 1.54) is 4.88 Å². The van der Waals surface area contributed by atoms with Crippen LogP contribution >= 0.6 is 11.3 Å². The number of nitrogens with one attached hydrogen (secondary N) is 2. The van der Waals surface area contributed by atoms with E-state index < -0.39 is 0 Å². The van der Waals surface area contributed by atoms with Gasteiger partial charge in [-0.25, -0.2) is 9.97 Å². The van der Waals surface area contributed by atoms with E-state index in [0.29, 0.717) is 17.9 Å². The minimum Gasteiger partial charge on any atom is -0.370 e. The summed E-state index contributed by atoms with van der Waals surface area (Å²) in [6.45, 7) is 5.24. The lowest BCUT2D eigenvalue weighted by molar-refractivity contribution is 0.0951. The molecule has 106 valence electrons. The molecule has 2 aromatic heterocycles. The number of aryl methyl sites for hydroxylation is 1. The summed E-state index contributed by atoms with van der Waals surface area (Å²) < 4.78 is 0. The minimum absolute atomic E-state index is 0.137. The average molecular weight is 290 g/mol. The third kappa shape index (κ3) is 3.54. The fraction of sp³-hybridized carbons (Fsp3) is 0.357. The summed E-state index contributed by atoms with van der Waals surface area (Å²) in [5.74, 6) is 0.475. The van der Waals surface area contributed by atoms with Crippen LogP contribution in [-0.4, -0.2) is 22.4 Å². The summed E-state index contributed by atoms with van der Waals surface area (Å²) in [5, 5.41) is 6.88. The van der Waals surface area contributed by atoms with Crippen molar-refractivity contribution in [3.63, 3.8) is 0 Å². The van der Waals surface area contributed by atoms with Crippen molar-refractivity contribution in [2.24, 2.45) is 0 Å². The summed E-state index contributed by atoms with van der Waals surface area (Å²) in [5.41, 5.74) is 0.557. The topological polar surface area (TPSA) is 66.9 Å². The molecule has 2 heterocycles. The quantitative estimate of drug-likeness (QED) is 0.857. The normalized spacial score (nSPS) is 10.3. The standard InChI is InChI=1S/C14H18N4OS/c1-3-10-8-17-12(20-10)9-18-14(19)11-6-5-7-16-13(11)15-4-2/h5-8H,3-4,9H2,1-2H3,(H,15,16)(H,18,19). The zero-order valence-electron chi connectivity index (χ0n) is 11.6. The Balaban J connectivity index is 2.01. The molecule has 0 aliphatic rings. The van der Waals surface area contributed by atoms with Crippen LogP contribution in [0.25, 0.3) is 0 Å². The molecule has 2 N–H and O–H groups in total. The molecule has 6 heteroatoms. The smallest absolute Gasteiger partial charge is 0.255 e. The molecule has 0 fully saturated rings. The van der Waals surface area contributed by atoms with E-state index in [1.54, 1.807) is 29.7 Å². The Morgan fingerprint density at radius 1 is 1.35 bits per heavy atom. The lowest BCUT2D eigenvalue weighted by Crippen LogP contribution is -2.24. The number of nitrogens with zero attached hydrogens (tertiary/aromatic N) is 2. The molecule has 2 aromatic rings. The first-order chi connectivity index (χ1) is 9.74. The number of aromatic nitrogens is 2. The number of amides is 1. The summed E-state index contributed by atoms with van der Waals surface area (Å²) in [6.07, 6.45) is 4.50. The van der Waals surface area contributed by atoms with Crippen LogP contribution in [0.5, 0.6) is 0 Å². The maximum atomic E-state index is 12.2. The Kier molecular flexibility index (Phi) is 5.06. The Morgan fingerprint density at radius 2 is 2.20 bits per heavy atom. The fourth-order valence-electron chi connectivity index (χ4n) is 1.74. The maximum Gasteiger partial charge on any atom is 0.255 e. The molecule has 0 spiro atoms. The highest BCUT2D eigenvalue weighted by molar-refractivity contribution is 7.11. The third-order valence-corrected chi connectivity index (χ3v) is 3.89. The van der Waals surface area contributed by atoms with Gasteiger partial charge < -0.3 is 10.6 Å². The van der Waals surface area contributed by atoms with Gasteiger partial charge in [-0.05, 0) is 25.5 Å². The monoisotopic (exact) mass is 290 g/mol. The van der Waals surface area contributed by atoms with Gasteiger partial charge in [0, 0.05) is 23.8 Å². The molecule has 20 heavy (non-hydrogen) atoms. The van der Waals surface area contributed by atoms with Crippen molar-refractivity contribution in [2.45, 2.75) is 26.8 Å². The highest BCUT2D eigenvalue weighted by atomic mass is 32.1. The second-order valence-corrected chi connectivity index (χ2v) is 5.39. The molecule has 0 aliphatic heterocycles. The molecule has 5 nitrogen and oxygen atoms in total. The van der Waals surface area contributed by atoms with Gasteiger partial charge >= 0.3 is 0 Å². The average Bonchev–Trinajstić information content (AvgIpc) is 2.94. The van der Waals surface area contributed by atoms with Crippen LogP contribution in [0, 0.1) is 0 Å². The van der Waals surface area contributed by atoms with Crippen molar-refractivity contribution in [3.8, 4) is 0 Å². The molecular formula is C14H18N4OS. The van der Waals surface area contributed by atoms with Gasteiger partial charge in [0.2, 0.25) is 0 Å². The summed E-state index contributed by atoms with van der Waals surface area (Å²) in [7, 11) is 0. The third-order valence-electron chi connectivity index (χ3n) is 2.75. The molecule has 0 saturated carbocycles. The van der Waals surface area contributed by atoms with Crippen LogP contribution in [0.4, 0.5) is 5.82 Å². The maximum absolute atomic E-state index is 12.2. The van der Waals surface area contributed by atoms with E-state index in [9.17, 15) is 4.79 Å². The van der Waals surface area contributed by atoms with E-state index in [2.05, 4.69) is 27.5 Å². The number of anilines is 1. The molecule has 0 aromatic carbocycles. The summed E-state index contributed by atoms with van der Waals surface area (Å²) >= 11 is 1.63. The van der Waals surface area contributed by atoms with Crippen LogP contribution in [0.3, 0.4) is 0 Å². The number of thiazole rings is 1. The fourth-order valence-corrected chi connectivity index (χ4v) is 2.54. The first-order valence-electron chi connectivity index (χ1n) is 6.65. The number of pyridine rings is 1. The molecular weight excluding hydrogens is 272 g/mol. The Hall–Kier alpha value is -1.95. The van der Waals surface area contributed by atoms with Gasteiger partial charge in [-0.1, -0.05) is 6.92 Å². The van der Waals surface area contributed by atoms with Crippen molar-refractivity contribution in [1.82, 2.24) is 15.3 Å². The SMILES string of the molecule is CCNc1ncccc1C(=O)NCc1ncc(CC)s1. The van der Waals surface area contributed by atoms with Crippen molar-refractivity contribution < 1.29 is 4.79 Å². The van der Waals surface area contributed by atoms with Gasteiger partial charge in [0.15, 0.2) is 0 Å². The van der Waals surface area contributed by atoms with Gasteiger partial charge in [0.05, 0.1) is 12.1 Å². The molecule has 2 rings (SSSR count). The molecule has 0 atom stereocenters. The number of hydrogen-bond acceptors (Lipinski definition) is 5. The lowest BCUT2D eigenvalue weighted by Gasteiger charge is -2.09. The van der Waals surface area contributed by atoms with Crippen molar-refractivity contribution in [2.75, 3.05) is 11.9 Å². The Labute approximate surface area is 122 Å². The van der Waals surface area contributed by atoms with Crippen LogP contribution in [-0.2, 0) is 13.0 Å².